The monoisotopic (exact) mass is 246 g/mol. The summed E-state index contributed by atoms with van der Waals surface area (Å²) in [5.41, 5.74) is 5.30. The fraction of sp³-hybridized carbons (Fsp3) is 1.00. The maximum Gasteiger partial charge on any atom is 0.155 e. The van der Waals surface area contributed by atoms with Crippen LogP contribution in [0.25, 0.3) is 0 Å². The van der Waals surface area contributed by atoms with E-state index >= 15 is 0 Å². The third-order valence-electron chi connectivity index (χ3n) is 2.68. The summed E-state index contributed by atoms with van der Waals surface area (Å²) >= 11 is 0. The molecule has 0 aliphatic heterocycles. The first-order valence-electron chi connectivity index (χ1n) is 7.01. The van der Waals surface area contributed by atoms with E-state index in [1.807, 2.05) is 0 Å². The third kappa shape index (κ3) is 13.8. The van der Waals surface area contributed by atoms with E-state index in [1.165, 1.54) is 25.7 Å². The second-order valence-corrected chi connectivity index (χ2v) is 4.42. The van der Waals surface area contributed by atoms with Crippen LogP contribution in [0.1, 0.15) is 51.9 Å². The standard InChI is InChI=1S/C13H30N2O2/c1-2-3-5-10-15-11-6-4-7-12-17-13(16)8-9-14/h13,15-16H,2-12,14H2,1H3. The Labute approximate surface area is 106 Å². The van der Waals surface area contributed by atoms with Crippen LogP contribution >= 0.6 is 0 Å². The lowest BCUT2D eigenvalue weighted by atomic mass is 10.2. The Balaban J connectivity index is 2.98. The van der Waals surface area contributed by atoms with Crippen LogP contribution in [0, 0.1) is 0 Å². The molecule has 1 unspecified atom stereocenters. The topological polar surface area (TPSA) is 67.5 Å². The molecule has 0 saturated carbocycles. The molecule has 0 radical (unpaired) electrons. The van der Waals surface area contributed by atoms with Gasteiger partial charge in [-0.3, -0.25) is 0 Å². The fourth-order valence-electron chi connectivity index (χ4n) is 1.60. The number of ether oxygens (including phenoxy) is 1. The van der Waals surface area contributed by atoms with Gasteiger partial charge >= 0.3 is 0 Å². The van der Waals surface area contributed by atoms with E-state index in [2.05, 4.69) is 12.2 Å². The Hall–Kier alpha value is -0.160. The van der Waals surface area contributed by atoms with Crippen molar-refractivity contribution in [1.82, 2.24) is 5.32 Å². The molecule has 0 rings (SSSR count). The minimum absolute atomic E-state index is 0.475. The number of hydrogen-bond acceptors (Lipinski definition) is 4. The number of aliphatic hydroxyl groups excluding tert-OH is 1. The average Bonchev–Trinajstić information content (AvgIpc) is 2.32. The molecule has 4 N–H and O–H groups in total. The van der Waals surface area contributed by atoms with E-state index in [0.29, 0.717) is 19.6 Å². The van der Waals surface area contributed by atoms with Crippen LogP contribution in [0.3, 0.4) is 0 Å². The number of unbranched alkanes of at least 4 members (excludes halogenated alkanes) is 4. The van der Waals surface area contributed by atoms with Crippen molar-refractivity contribution in [3.8, 4) is 0 Å². The van der Waals surface area contributed by atoms with Gasteiger partial charge in [0.1, 0.15) is 0 Å². The molecule has 0 aromatic heterocycles. The van der Waals surface area contributed by atoms with E-state index in [4.69, 9.17) is 10.5 Å². The van der Waals surface area contributed by atoms with Gasteiger partial charge in [-0.15, -0.1) is 0 Å². The maximum absolute atomic E-state index is 9.26. The molecule has 0 aromatic carbocycles. The smallest absolute Gasteiger partial charge is 0.155 e. The molecular weight excluding hydrogens is 216 g/mol. The first kappa shape index (κ1) is 16.8. The normalized spacial score (nSPS) is 12.9. The molecule has 0 aliphatic rings. The molecule has 0 heterocycles. The number of hydrogen-bond donors (Lipinski definition) is 3. The molecule has 0 fully saturated rings. The fourth-order valence-corrected chi connectivity index (χ4v) is 1.60. The predicted molar refractivity (Wildman–Crippen MR) is 71.9 cm³/mol. The zero-order valence-corrected chi connectivity index (χ0v) is 11.3. The van der Waals surface area contributed by atoms with Gasteiger partial charge < -0.3 is 20.9 Å². The molecule has 0 saturated heterocycles. The van der Waals surface area contributed by atoms with Crippen molar-refractivity contribution in [2.45, 2.75) is 58.2 Å². The summed E-state index contributed by atoms with van der Waals surface area (Å²) < 4.78 is 5.20. The highest BCUT2D eigenvalue weighted by atomic mass is 16.6. The summed E-state index contributed by atoms with van der Waals surface area (Å²) in [6.07, 6.45) is 7.08. The molecule has 4 nitrogen and oxygen atoms in total. The number of rotatable bonds is 13. The van der Waals surface area contributed by atoms with Gasteiger partial charge in [-0.1, -0.05) is 19.8 Å². The molecule has 4 heteroatoms. The zero-order valence-electron chi connectivity index (χ0n) is 11.3. The van der Waals surface area contributed by atoms with Gasteiger partial charge in [-0.2, -0.15) is 0 Å². The highest BCUT2D eigenvalue weighted by molar-refractivity contribution is 4.50. The van der Waals surface area contributed by atoms with Crippen LogP contribution in [0.5, 0.6) is 0 Å². The minimum Gasteiger partial charge on any atom is -0.368 e. The SMILES string of the molecule is CCCCCNCCCCCOC(O)CCN. The van der Waals surface area contributed by atoms with Crippen molar-refractivity contribution in [3.63, 3.8) is 0 Å². The predicted octanol–water partition coefficient (Wildman–Crippen LogP) is 1.62. The Morgan fingerprint density at radius 3 is 2.47 bits per heavy atom. The lowest BCUT2D eigenvalue weighted by Gasteiger charge is -2.10. The highest BCUT2D eigenvalue weighted by Crippen LogP contribution is 1.99. The second-order valence-electron chi connectivity index (χ2n) is 4.42. The van der Waals surface area contributed by atoms with Gasteiger partial charge in [-0.25, -0.2) is 0 Å². The van der Waals surface area contributed by atoms with Gasteiger partial charge in [0.2, 0.25) is 0 Å². The van der Waals surface area contributed by atoms with Crippen LogP contribution in [-0.2, 0) is 4.74 Å². The summed E-state index contributed by atoms with van der Waals surface area (Å²) in [6, 6.07) is 0. The van der Waals surface area contributed by atoms with Gasteiger partial charge in [0.05, 0.1) is 0 Å². The molecule has 0 aliphatic carbocycles. The highest BCUT2D eigenvalue weighted by Gasteiger charge is 2.00. The van der Waals surface area contributed by atoms with Crippen LogP contribution < -0.4 is 11.1 Å². The Bertz CT molecular complexity index is 145. The molecule has 0 aromatic rings. The average molecular weight is 246 g/mol. The quantitative estimate of drug-likeness (QED) is 0.341. The van der Waals surface area contributed by atoms with Crippen LogP contribution in [0.2, 0.25) is 0 Å². The Kier molecular flexibility index (Phi) is 13.8. The van der Waals surface area contributed by atoms with Crippen molar-refractivity contribution in [1.29, 1.82) is 0 Å². The summed E-state index contributed by atoms with van der Waals surface area (Å²) in [4.78, 5) is 0. The first-order chi connectivity index (χ1) is 8.31. The van der Waals surface area contributed by atoms with E-state index in [-0.39, 0.29) is 0 Å². The van der Waals surface area contributed by atoms with Crippen molar-refractivity contribution in [2.75, 3.05) is 26.2 Å². The first-order valence-corrected chi connectivity index (χ1v) is 7.01. The van der Waals surface area contributed by atoms with Crippen LogP contribution in [0.15, 0.2) is 0 Å². The Morgan fingerprint density at radius 1 is 1.12 bits per heavy atom. The second kappa shape index (κ2) is 13.9. The molecule has 0 bridgehead atoms. The third-order valence-corrected chi connectivity index (χ3v) is 2.68. The van der Waals surface area contributed by atoms with Crippen molar-refractivity contribution in [2.24, 2.45) is 5.73 Å². The maximum atomic E-state index is 9.26. The van der Waals surface area contributed by atoms with Crippen molar-refractivity contribution in [3.05, 3.63) is 0 Å². The van der Waals surface area contributed by atoms with E-state index in [9.17, 15) is 5.11 Å². The van der Waals surface area contributed by atoms with Gasteiger partial charge in [0, 0.05) is 13.0 Å². The number of nitrogens with two attached hydrogens (primary N) is 1. The van der Waals surface area contributed by atoms with Crippen LogP contribution in [0.4, 0.5) is 0 Å². The molecule has 0 amide bonds. The summed E-state index contributed by atoms with van der Waals surface area (Å²) in [5.74, 6) is 0. The lowest BCUT2D eigenvalue weighted by Crippen LogP contribution is -2.18. The van der Waals surface area contributed by atoms with Crippen LogP contribution in [-0.4, -0.2) is 37.6 Å². The molecular formula is C13H30N2O2. The summed E-state index contributed by atoms with van der Waals surface area (Å²) in [6.45, 7) is 5.56. The van der Waals surface area contributed by atoms with Crippen molar-refractivity contribution >= 4 is 0 Å². The summed E-state index contributed by atoms with van der Waals surface area (Å²) in [7, 11) is 0. The summed E-state index contributed by atoms with van der Waals surface area (Å²) in [5, 5.41) is 12.7. The molecule has 17 heavy (non-hydrogen) atoms. The largest absolute Gasteiger partial charge is 0.368 e. The van der Waals surface area contributed by atoms with E-state index < -0.39 is 6.29 Å². The number of nitrogens with one attached hydrogen (secondary N) is 1. The van der Waals surface area contributed by atoms with Crippen molar-refractivity contribution < 1.29 is 9.84 Å². The van der Waals surface area contributed by atoms with Gasteiger partial charge in [-0.05, 0) is 45.3 Å². The molecule has 1 atom stereocenters. The Morgan fingerprint density at radius 2 is 1.82 bits per heavy atom. The minimum atomic E-state index is -0.674. The van der Waals surface area contributed by atoms with Gasteiger partial charge in [0.25, 0.3) is 0 Å². The molecule has 104 valence electrons. The molecule has 0 spiro atoms. The number of aliphatic hydroxyl groups is 1. The zero-order chi connectivity index (χ0) is 12.8. The van der Waals surface area contributed by atoms with E-state index in [1.54, 1.807) is 0 Å². The lowest BCUT2D eigenvalue weighted by molar-refractivity contribution is -0.102. The van der Waals surface area contributed by atoms with E-state index in [0.717, 1.165) is 25.9 Å². The van der Waals surface area contributed by atoms with Gasteiger partial charge in [0.15, 0.2) is 6.29 Å².